The minimum absolute atomic E-state index is 0.113. The van der Waals surface area contributed by atoms with Crippen molar-refractivity contribution >= 4 is 29.4 Å². The highest BCUT2D eigenvalue weighted by atomic mass is 32.2. The van der Waals surface area contributed by atoms with Gasteiger partial charge in [0.25, 0.3) is 0 Å². The van der Waals surface area contributed by atoms with Crippen LogP contribution in [0, 0.1) is 17.2 Å². The Bertz CT molecular complexity index is 790. The van der Waals surface area contributed by atoms with E-state index >= 15 is 0 Å². The Morgan fingerprint density at radius 1 is 1.07 bits per heavy atom. The van der Waals surface area contributed by atoms with Crippen LogP contribution < -0.4 is 5.32 Å². The van der Waals surface area contributed by atoms with Gasteiger partial charge in [0, 0.05) is 37.0 Å². The van der Waals surface area contributed by atoms with Crippen molar-refractivity contribution in [3.05, 3.63) is 29.8 Å². The fourth-order valence-electron chi connectivity index (χ4n) is 4.79. The molecule has 7 heteroatoms. The third-order valence-electron chi connectivity index (χ3n) is 6.50. The second-order valence-electron chi connectivity index (χ2n) is 8.23. The van der Waals surface area contributed by atoms with E-state index in [1.165, 1.54) is 19.3 Å². The lowest BCUT2D eigenvalue weighted by molar-refractivity contribution is -0.140. The van der Waals surface area contributed by atoms with E-state index in [2.05, 4.69) is 16.3 Å². The number of anilines is 1. The van der Waals surface area contributed by atoms with E-state index in [4.69, 9.17) is 5.26 Å². The topological polar surface area (TPSA) is 76.4 Å². The number of nitrogens with zero attached hydrogens (tertiary/aromatic N) is 3. The van der Waals surface area contributed by atoms with Gasteiger partial charge >= 0.3 is 6.03 Å². The van der Waals surface area contributed by atoms with Gasteiger partial charge in [-0.2, -0.15) is 5.26 Å². The molecule has 1 aliphatic carbocycles. The summed E-state index contributed by atoms with van der Waals surface area (Å²) in [4.78, 5) is 29.7. The van der Waals surface area contributed by atoms with Crippen LogP contribution in [0.15, 0.2) is 24.3 Å². The van der Waals surface area contributed by atoms with Gasteiger partial charge in [0.05, 0.1) is 16.5 Å². The summed E-state index contributed by atoms with van der Waals surface area (Å²) in [5.74, 6) is 1.55. The molecule has 3 fully saturated rings. The van der Waals surface area contributed by atoms with Crippen LogP contribution in [0.25, 0.3) is 0 Å². The third kappa shape index (κ3) is 4.23. The van der Waals surface area contributed by atoms with E-state index < -0.39 is 0 Å². The summed E-state index contributed by atoms with van der Waals surface area (Å²) in [6.07, 6.45) is 7.34. The molecule has 0 atom stereocenters. The van der Waals surface area contributed by atoms with Gasteiger partial charge in [-0.1, -0.05) is 19.3 Å². The van der Waals surface area contributed by atoms with E-state index in [0.717, 1.165) is 38.0 Å². The highest BCUT2D eigenvalue weighted by molar-refractivity contribution is 8.00. The molecule has 1 N–H and O–H groups in total. The summed E-state index contributed by atoms with van der Waals surface area (Å²) in [5.41, 5.74) is 1.27. The number of carbonyl (C=O) groups is 2. The van der Waals surface area contributed by atoms with E-state index in [1.54, 1.807) is 24.3 Å². The number of amides is 3. The Hall–Kier alpha value is -2.20. The average molecular weight is 413 g/mol. The fourth-order valence-corrected chi connectivity index (χ4v) is 6.26. The maximum absolute atomic E-state index is 13.2. The summed E-state index contributed by atoms with van der Waals surface area (Å²) >= 11 is 1.90. The van der Waals surface area contributed by atoms with Gasteiger partial charge in [0.1, 0.15) is 0 Å². The molecule has 0 bridgehead atoms. The van der Waals surface area contributed by atoms with Crippen molar-refractivity contribution in [2.75, 3.05) is 30.7 Å². The molecule has 154 valence electrons. The minimum atomic E-state index is -0.125. The molecule has 1 aromatic carbocycles. The normalized spacial score (nSPS) is 21.8. The first-order valence-corrected chi connectivity index (χ1v) is 11.6. The van der Waals surface area contributed by atoms with Crippen molar-refractivity contribution in [2.24, 2.45) is 5.92 Å². The first kappa shape index (κ1) is 20.1. The SMILES string of the molecule is N#Cc1ccc(NC(=O)N2CCC3(CC2)SCCN3C(=O)C2CCCCC2)cc1. The number of hydrogen-bond acceptors (Lipinski definition) is 4. The molecule has 1 saturated carbocycles. The average Bonchev–Trinajstić information content (AvgIpc) is 3.17. The van der Waals surface area contributed by atoms with Crippen LogP contribution in [-0.4, -0.2) is 52.0 Å². The van der Waals surface area contributed by atoms with Crippen molar-refractivity contribution in [1.82, 2.24) is 9.80 Å². The Labute approximate surface area is 176 Å². The van der Waals surface area contributed by atoms with Crippen LogP contribution in [0.2, 0.25) is 0 Å². The number of carbonyl (C=O) groups excluding carboxylic acids is 2. The first-order valence-electron chi connectivity index (χ1n) is 10.6. The molecule has 1 aromatic rings. The van der Waals surface area contributed by atoms with Crippen molar-refractivity contribution in [2.45, 2.75) is 49.8 Å². The van der Waals surface area contributed by atoms with Crippen LogP contribution in [-0.2, 0) is 4.79 Å². The van der Waals surface area contributed by atoms with E-state index in [0.29, 0.717) is 30.2 Å². The standard InChI is InChI=1S/C22H28N4O2S/c23-16-17-6-8-19(9-7-17)24-21(28)25-12-10-22(11-13-25)26(14-15-29-22)20(27)18-4-2-1-3-5-18/h6-9,18H,1-5,10-15H2,(H,24,28). The van der Waals surface area contributed by atoms with E-state index in [9.17, 15) is 9.59 Å². The molecular formula is C22H28N4O2S. The van der Waals surface area contributed by atoms with Gasteiger partial charge < -0.3 is 15.1 Å². The summed E-state index contributed by atoms with van der Waals surface area (Å²) in [5, 5.41) is 11.8. The largest absolute Gasteiger partial charge is 0.327 e. The molecule has 4 rings (SSSR count). The number of nitrogens with one attached hydrogen (secondary N) is 1. The molecule has 3 aliphatic rings. The zero-order chi connectivity index (χ0) is 20.3. The van der Waals surface area contributed by atoms with Gasteiger partial charge in [0.15, 0.2) is 0 Å². The number of piperidine rings is 1. The molecule has 2 heterocycles. The smallest absolute Gasteiger partial charge is 0.321 e. The van der Waals surface area contributed by atoms with Crippen LogP contribution >= 0.6 is 11.8 Å². The number of benzene rings is 1. The predicted octanol–water partition coefficient (Wildman–Crippen LogP) is 4.04. The molecule has 0 radical (unpaired) electrons. The van der Waals surface area contributed by atoms with E-state index in [1.807, 2.05) is 16.7 Å². The van der Waals surface area contributed by atoms with Crippen molar-refractivity contribution < 1.29 is 9.59 Å². The van der Waals surface area contributed by atoms with Gasteiger partial charge in [0.2, 0.25) is 5.91 Å². The number of rotatable bonds is 2. The van der Waals surface area contributed by atoms with Crippen molar-refractivity contribution in [3.63, 3.8) is 0 Å². The van der Waals surface area contributed by atoms with Gasteiger partial charge in [-0.25, -0.2) is 4.79 Å². The molecule has 2 aliphatic heterocycles. The summed E-state index contributed by atoms with van der Waals surface area (Å²) in [7, 11) is 0. The van der Waals surface area contributed by atoms with Gasteiger partial charge in [-0.05, 0) is 49.9 Å². The van der Waals surface area contributed by atoms with Crippen LogP contribution in [0.1, 0.15) is 50.5 Å². The Balaban J connectivity index is 1.35. The Kier molecular flexibility index (Phi) is 6.00. The first-order chi connectivity index (χ1) is 14.1. The lowest BCUT2D eigenvalue weighted by atomic mass is 9.87. The minimum Gasteiger partial charge on any atom is -0.327 e. The van der Waals surface area contributed by atoms with Gasteiger partial charge in [-0.15, -0.1) is 11.8 Å². The number of nitriles is 1. The number of thioether (sulfide) groups is 1. The highest BCUT2D eigenvalue weighted by Gasteiger charge is 2.48. The van der Waals surface area contributed by atoms with Crippen LogP contribution in [0.5, 0.6) is 0 Å². The summed E-state index contributed by atoms with van der Waals surface area (Å²) < 4.78 is 0. The summed E-state index contributed by atoms with van der Waals surface area (Å²) in [6, 6.07) is 8.86. The highest BCUT2D eigenvalue weighted by Crippen LogP contribution is 2.45. The number of hydrogen-bond donors (Lipinski definition) is 1. The third-order valence-corrected chi connectivity index (χ3v) is 8.05. The molecule has 3 amide bonds. The molecule has 1 spiro atoms. The molecule has 2 saturated heterocycles. The van der Waals surface area contributed by atoms with Crippen molar-refractivity contribution in [3.8, 4) is 6.07 Å². The second kappa shape index (κ2) is 8.66. The molecule has 29 heavy (non-hydrogen) atoms. The van der Waals surface area contributed by atoms with E-state index in [-0.39, 0.29) is 16.8 Å². The quantitative estimate of drug-likeness (QED) is 0.795. The van der Waals surface area contributed by atoms with Crippen LogP contribution in [0.3, 0.4) is 0 Å². The lowest BCUT2D eigenvalue weighted by Gasteiger charge is -2.45. The maximum atomic E-state index is 13.2. The monoisotopic (exact) mass is 412 g/mol. The Morgan fingerprint density at radius 3 is 2.41 bits per heavy atom. The van der Waals surface area contributed by atoms with Crippen LogP contribution in [0.4, 0.5) is 10.5 Å². The zero-order valence-corrected chi connectivity index (χ0v) is 17.5. The molecule has 0 aromatic heterocycles. The van der Waals surface area contributed by atoms with Crippen molar-refractivity contribution in [1.29, 1.82) is 5.26 Å². The Morgan fingerprint density at radius 2 is 1.76 bits per heavy atom. The lowest BCUT2D eigenvalue weighted by Crippen LogP contribution is -2.55. The second-order valence-corrected chi connectivity index (χ2v) is 9.68. The zero-order valence-electron chi connectivity index (χ0n) is 16.7. The molecule has 0 unspecified atom stereocenters. The molecule has 6 nitrogen and oxygen atoms in total. The summed E-state index contributed by atoms with van der Waals surface area (Å²) in [6.45, 7) is 2.16. The fraction of sp³-hybridized carbons (Fsp3) is 0.591. The number of urea groups is 1. The van der Waals surface area contributed by atoms with Gasteiger partial charge in [-0.3, -0.25) is 4.79 Å². The predicted molar refractivity (Wildman–Crippen MR) is 114 cm³/mol. The maximum Gasteiger partial charge on any atom is 0.321 e. The molecular weight excluding hydrogens is 384 g/mol. The number of likely N-dealkylation sites (tertiary alicyclic amines) is 1.